The van der Waals surface area contributed by atoms with Gasteiger partial charge in [-0.25, -0.2) is 9.68 Å². The summed E-state index contributed by atoms with van der Waals surface area (Å²) in [6, 6.07) is 10.6. The van der Waals surface area contributed by atoms with Crippen LogP contribution in [-0.2, 0) is 33.5 Å². The number of rotatable bonds is 4. The molecule has 2 aliphatic heterocycles. The minimum Gasteiger partial charge on any atom is -0.462 e. The maximum atomic E-state index is 11.8. The van der Waals surface area contributed by atoms with Crippen molar-refractivity contribution in [3.63, 3.8) is 0 Å². The standard InChI is InChI=1S/C34H45NO7/c1-20(36)39-24-13-15-32(3)23(17-24)11-12-25-26(32)14-16-33(4)27(25)18-28-31(22-9-7-6-8-10-22)29-19-30(40-21(2)37)41-35(29)42-34(28,33)38-5/h6-11,24-31H,12-19H2,1-5H3/t24-,25+,26-,27-,28-,29+,30+,31-,32-,33-,34+/m0/s1. The highest BCUT2D eigenvalue weighted by atomic mass is 17.0. The Morgan fingerprint density at radius 2 is 1.71 bits per heavy atom. The van der Waals surface area contributed by atoms with Crippen molar-refractivity contribution in [3.05, 3.63) is 47.5 Å². The second-order valence-electron chi connectivity index (χ2n) is 14.2. The zero-order valence-corrected chi connectivity index (χ0v) is 25.5. The second kappa shape index (κ2) is 10.1. The van der Waals surface area contributed by atoms with Gasteiger partial charge in [0.1, 0.15) is 6.10 Å². The SMILES string of the molecule is CO[C@@]12ON3O[C@@H](OC(C)=O)C[C@@H]3[C@@H](c3ccccc3)[C@@H]1C[C@H]1[C@@H]3CC=C4C[C@@H](OC(C)=O)CC[C@]4(C)[C@H]3CC[C@@]12C. The first kappa shape index (κ1) is 28.5. The number of hydrogen-bond acceptors (Lipinski definition) is 8. The fraction of sp³-hybridized carbons (Fsp3) is 0.706. The van der Waals surface area contributed by atoms with Crippen LogP contribution in [0.2, 0.25) is 0 Å². The molecule has 0 N–H and O–H groups in total. The molecule has 11 atom stereocenters. The van der Waals surface area contributed by atoms with Crippen molar-refractivity contribution in [2.45, 2.75) is 109 Å². The van der Waals surface area contributed by atoms with Crippen LogP contribution in [0.5, 0.6) is 0 Å². The van der Waals surface area contributed by atoms with Crippen molar-refractivity contribution in [3.8, 4) is 0 Å². The van der Waals surface area contributed by atoms with Gasteiger partial charge in [-0.15, -0.1) is 0 Å². The summed E-state index contributed by atoms with van der Waals surface area (Å²) in [6.07, 6.45) is 9.41. The summed E-state index contributed by atoms with van der Waals surface area (Å²) >= 11 is 0. The van der Waals surface area contributed by atoms with Crippen LogP contribution in [0.25, 0.3) is 0 Å². The smallest absolute Gasteiger partial charge is 0.304 e. The second-order valence-corrected chi connectivity index (χ2v) is 14.2. The minimum absolute atomic E-state index is 0.00244. The van der Waals surface area contributed by atoms with E-state index < -0.39 is 12.1 Å². The van der Waals surface area contributed by atoms with E-state index in [4.69, 9.17) is 23.9 Å². The Balaban J connectivity index is 1.24. The Kier molecular flexibility index (Phi) is 6.89. The molecule has 8 nitrogen and oxygen atoms in total. The summed E-state index contributed by atoms with van der Waals surface area (Å²) in [5.74, 6) is 0.376. The van der Waals surface area contributed by atoms with Crippen molar-refractivity contribution < 1.29 is 33.5 Å². The van der Waals surface area contributed by atoms with Crippen LogP contribution < -0.4 is 0 Å². The molecule has 3 saturated carbocycles. The van der Waals surface area contributed by atoms with Crippen LogP contribution >= 0.6 is 0 Å². The molecule has 5 fully saturated rings. The zero-order chi connectivity index (χ0) is 29.4. The average molecular weight is 580 g/mol. The molecule has 1 aromatic rings. The predicted molar refractivity (Wildman–Crippen MR) is 153 cm³/mol. The van der Waals surface area contributed by atoms with Gasteiger partial charge >= 0.3 is 11.9 Å². The molecule has 42 heavy (non-hydrogen) atoms. The lowest BCUT2D eigenvalue weighted by Crippen LogP contribution is -2.64. The number of esters is 2. The highest BCUT2D eigenvalue weighted by molar-refractivity contribution is 5.66. The Morgan fingerprint density at radius 1 is 0.952 bits per heavy atom. The number of carbonyl (C=O) groups excluding carboxylic acids is 2. The number of hydroxylamine groups is 2. The van der Waals surface area contributed by atoms with Crippen LogP contribution in [0.4, 0.5) is 0 Å². The molecule has 0 aromatic heterocycles. The molecule has 0 unspecified atom stereocenters. The molecule has 7 rings (SSSR count). The number of fused-ring (bicyclic) bond motifs is 8. The van der Waals surface area contributed by atoms with Gasteiger partial charge in [-0.3, -0.25) is 9.59 Å². The number of benzene rings is 1. The normalized spacial score (nSPS) is 45.9. The van der Waals surface area contributed by atoms with Crippen molar-refractivity contribution >= 4 is 11.9 Å². The lowest BCUT2D eigenvalue weighted by atomic mass is 9.47. The molecule has 0 spiro atoms. The molecular weight excluding hydrogens is 534 g/mol. The molecule has 1 aromatic carbocycles. The monoisotopic (exact) mass is 579 g/mol. The summed E-state index contributed by atoms with van der Waals surface area (Å²) in [7, 11) is 1.80. The van der Waals surface area contributed by atoms with Gasteiger partial charge in [0.05, 0.1) is 6.04 Å². The lowest BCUT2D eigenvalue weighted by molar-refractivity contribution is -0.508. The van der Waals surface area contributed by atoms with E-state index >= 15 is 0 Å². The molecule has 2 heterocycles. The molecule has 0 amide bonds. The first-order chi connectivity index (χ1) is 20.1. The van der Waals surface area contributed by atoms with E-state index in [2.05, 4.69) is 50.3 Å². The summed E-state index contributed by atoms with van der Waals surface area (Å²) in [5.41, 5.74) is 2.65. The molecule has 0 radical (unpaired) electrons. The minimum atomic E-state index is -0.858. The van der Waals surface area contributed by atoms with Gasteiger partial charge in [-0.1, -0.05) is 61.1 Å². The molecular formula is C34H45NO7. The van der Waals surface area contributed by atoms with Gasteiger partial charge in [0.25, 0.3) is 0 Å². The average Bonchev–Trinajstić information content (AvgIpc) is 3.46. The van der Waals surface area contributed by atoms with E-state index in [1.54, 1.807) is 12.3 Å². The molecule has 8 heteroatoms. The summed E-state index contributed by atoms with van der Waals surface area (Å²) < 4.78 is 17.8. The number of hydrogen-bond donors (Lipinski definition) is 0. The summed E-state index contributed by atoms with van der Waals surface area (Å²) in [4.78, 5) is 36.6. The fourth-order valence-electron chi connectivity index (χ4n) is 10.7. The van der Waals surface area contributed by atoms with Crippen molar-refractivity contribution in [1.82, 2.24) is 5.23 Å². The summed E-state index contributed by atoms with van der Waals surface area (Å²) in [5, 5.41) is 1.63. The van der Waals surface area contributed by atoms with E-state index in [9.17, 15) is 9.59 Å². The topological polar surface area (TPSA) is 83.5 Å². The van der Waals surface area contributed by atoms with Crippen molar-refractivity contribution in [1.29, 1.82) is 0 Å². The number of allylic oxidation sites excluding steroid dienone is 1. The number of ether oxygens (including phenoxy) is 3. The maximum Gasteiger partial charge on any atom is 0.304 e. The number of methoxy groups -OCH3 is 1. The van der Waals surface area contributed by atoms with Crippen molar-refractivity contribution in [2.24, 2.45) is 34.5 Å². The molecule has 6 aliphatic rings. The van der Waals surface area contributed by atoms with E-state index in [0.29, 0.717) is 24.2 Å². The highest BCUT2D eigenvalue weighted by Gasteiger charge is 2.74. The Morgan fingerprint density at radius 3 is 2.43 bits per heavy atom. The maximum absolute atomic E-state index is 11.8. The van der Waals surface area contributed by atoms with Crippen molar-refractivity contribution in [2.75, 3.05) is 7.11 Å². The van der Waals surface area contributed by atoms with Crippen LogP contribution in [-0.4, -0.2) is 48.5 Å². The first-order valence-electron chi connectivity index (χ1n) is 15.9. The van der Waals surface area contributed by atoms with Gasteiger partial charge in [-0.2, -0.15) is 0 Å². The first-order valence-corrected chi connectivity index (χ1v) is 15.9. The van der Waals surface area contributed by atoms with Crippen LogP contribution in [0.1, 0.15) is 90.5 Å². The van der Waals surface area contributed by atoms with E-state index in [0.717, 1.165) is 44.9 Å². The highest BCUT2D eigenvalue weighted by Crippen LogP contribution is 2.72. The third kappa shape index (κ3) is 4.08. The summed E-state index contributed by atoms with van der Waals surface area (Å²) in [6.45, 7) is 7.79. The lowest BCUT2D eigenvalue weighted by Gasteiger charge is -2.60. The van der Waals surface area contributed by atoms with E-state index in [1.165, 1.54) is 25.0 Å². The van der Waals surface area contributed by atoms with E-state index in [1.807, 2.05) is 0 Å². The predicted octanol–water partition coefficient (Wildman–Crippen LogP) is 6.07. The zero-order valence-electron chi connectivity index (χ0n) is 25.5. The molecule has 4 aliphatic carbocycles. The van der Waals surface area contributed by atoms with Gasteiger partial charge in [0, 0.05) is 51.0 Å². The quantitative estimate of drug-likeness (QED) is 0.314. The Labute approximate surface area is 248 Å². The molecule has 228 valence electrons. The third-order valence-electron chi connectivity index (χ3n) is 12.4. The fourth-order valence-corrected chi connectivity index (χ4v) is 10.7. The van der Waals surface area contributed by atoms with Crippen LogP contribution in [0.3, 0.4) is 0 Å². The third-order valence-corrected chi connectivity index (χ3v) is 12.4. The Bertz CT molecular complexity index is 1270. The number of nitrogens with zero attached hydrogens (tertiary/aromatic N) is 1. The van der Waals surface area contributed by atoms with Gasteiger partial charge in [0.15, 0.2) is 5.79 Å². The number of carbonyl (C=O) groups is 2. The van der Waals surface area contributed by atoms with Crippen LogP contribution in [0, 0.1) is 34.5 Å². The van der Waals surface area contributed by atoms with Gasteiger partial charge < -0.3 is 14.2 Å². The van der Waals surface area contributed by atoms with Crippen LogP contribution in [0.15, 0.2) is 42.0 Å². The van der Waals surface area contributed by atoms with Gasteiger partial charge in [-0.05, 0) is 67.3 Å². The molecule has 2 saturated heterocycles. The Hall–Kier alpha value is -2.26. The largest absolute Gasteiger partial charge is 0.462 e. The van der Waals surface area contributed by atoms with Gasteiger partial charge in [0.2, 0.25) is 6.29 Å². The molecule has 0 bridgehead atoms. The van der Waals surface area contributed by atoms with E-state index in [-0.39, 0.29) is 46.8 Å².